The van der Waals surface area contributed by atoms with Gasteiger partial charge < -0.3 is 0 Å². The fourth-order valence-corrected chi connectivity index (χ4v) is 1.39. The molecular weight excluding hydrogens is 188 g/mol. The number of aromatic nitrogens is 2. The highest BCUT2D eigenvalue weighted by Gasteiger charge is 2.06. The van der Waals surface area contributed by atoms with E-state index in [0.29, 0.717) is 5.69 Å². The van der Waals surface area contributed by atoms with Crippen molar-refractivity contribution in [2.45, 2.75) is 39.7 Å². The highest BCUT2D eigenvalue weighted by Crippen LogP contribution is 2.02. The van der Waals surface area contributed by atoms with Gasteiger partial charge in [0.15, 0.2) is 0 Å². The van der Waals surface area contributed by atoms with E-state index in [1.807, 2.05) is 13.0 Å². The van der Waals surface area contributed by atoms with Crippen LogP contribution in [0, 0.1) is 0 Å². The summed E-state index contributed by atoms with van der Waals surface area (Å²) in [5.41, 5.74) is 0.672. The zero-order valence-corrected chi connectivity index (χ0v) is 9.44. The van der Waals surface area contributed by atoms with Crippen LogP contribution in [0.15, 0.2) is 24.4 Å². The number of carbonyl (C=O) groups is 1. The number of hydrogen-bond acceptors (Lipinski definition) is 2. The highest BCUT2D eigenvalue weighted by atomic mass is 16.1. The number of ketones is 1. The van der Waals surface area contributed by atoms with Crippen molar-refractivity contribution >= 4 is 5.78 Å². The summed E-state index contributed by atoms with van der Waals surface area (Å²) in [6.45, 7) is 4.85. The van der Waals surface area contributed by atoms with Crippen molar-refractivity contribution < 1.29 is 4.79 Å². The Labute approximate surface area is 90.8 Å². The summed E-state index contributed by atoms with van der Waals surface area (Å²) in [6.07, 6.45) is 8.53. The van der Waals surface area contributed by atoms with E-state index in [9.17, 15) is 4.79 Å². The van der Waals surface area contributed by atoms with Gasteiger partial charge in [0.05, 0.1) is 0 Å². The van der Waals surface area contributed by atoms with Gasteiger partial charge in [-0.3, -0.25) is 9.48 Å². The smallest absolute Gasteiger partial charge is 0.203 e. The number of rotatable bonds is 6. The topological polar surface area (TPSA) is 34.9 Å². The third-order valence-electron chi connectivity index (χ3n) is 2.26. The van der Waals surface area contributed by atoms with E-state index < -0.39 is 0 Å². The molecule has 82 valence electrons. The van der Waals surface area contributed by atoms with Crippen LogP contribution < -0.4 is 0 Å². The minimum atomic E-state index is 0.0467. The highest BCUT2D eigenvalue weighted by molar-refractivity contribution is 6.03. The fourth-order valence-electron chi connectivity index (χ4n) is 1.39. The predicted octanol–water partition coefficient (Wildman–Crippen LogP) is 2.83. The summed E-state index contributed by atoms with van der Waals surface area (Å²) >= 11 is 0. The van der Waals surface area contributed by atoms with Crippen LogP contribution in [-0.4, -0.2) is 15.6 Å². The molecule has 0 radical (unpaired) electrons. The van der Waals surface area contributed by atoms with Crippen LogP contribution in [0.3, 0.4) is 0 Å². The number of nitrogens with zero attached hydrogens (tertiary/aromatic N) is 2. The zero-order valence-electron chi connectivity index (χ0n) is 9.44. The number of aryl methyl sites for hydroxylation is 1. The van der Waals surface area contributed by atoms with Crippen molar-refractivity contribution in [2.24, 2.45) is 0 Å². The molecule has 0 aliphatic heterocycles. The molecule has 0 amide bonds. The van der Waals surface area contributed by atoms with Crippen molar-refractivity contribution in [3.05, 3.63) is 30.1 Å². The lowest BCUT2D eigenvalue weighted by atomic mass is 10.2. The van der Waals surface area contributed by atoms with Crippen molar-refractivity contribution in [2.75, 3.05) is 0 Å². The second kappa shape index (κ2) is 6.17. The molecule has 3 heteroatoms. The van der Waals surface area contributed by atoms with Crippen LogP contribution in [0.5, 0.6) is 0 Å². The number of allylic oxidation sites excluding steroid dienone is 2. The summed E-state index contributed by atoms with van der Waals surface area (Å²) < 4.78 is 1.71. The summed E-state index contributed by atoms with van der Waals surface area (Å²) in [7, 11) is 0. The predicted molar refractivity (Wildman–Crippen MR) is 60.9 cm³/mol. The Balaban J connectivity index is 2.57. The molecule has 0 atom stereocenters. The van der Waals surface area contributed by atoms with Crippen LogP contribution in [0.4, 0.5) is 0 Å². The standard InChI is InChI=1S/C12H18N2O/c1-3-5-6-7-8-12(15)11-9-10-13-14(11)4-2/h7-10H,3-6H2,1-2H3/b8-7+. The minimum Gasteiger partial charge on any atom is -0.288 e. The van der Waals surface area contributed by atoms with E-state index in [4.69, 9.17) is 0 Å². The first-order valence-electron chi connectivity index (χ1n) is 5.52. The second-order valence-electron chi connectivity index (χ2n) is 3.44. The molecule has 1 aromatic heterocycles. The summed E-state index contributed by atoms with van der Waals surface area (Å²) in [4.78, 5) is 11.7. The molecule has 0 spiro atoms. The normalized spacial score (nSPS) is 11.1. The van der Waals surface area contributed by atoms with Gasteiger partial charge in [0.1, 0.15) is 5.69 Å². The average Bonchev–Trinajstić information content (AvgIpc) is 2.72. The van der Waals surface area contributed by atoms with E-state index in [-0.39, 0.29) is 5.78 Å². The Kier molecular flexibility index (Phi) is 4.81. The van der Waals surface area contributed by atoms with Crippen molar-refractivity contribution in [1.82, 2.24) is 9.78 Å². The van der Waals surface area contributed by atoms with Crippen molar-refractivity contribution in [3.63, 3.8) is 0 Å². The molecule has 0 aromatic carbocycles. The van der Waals surface area contributed by atoms with Crippen LogP contribution in [-0.2, 0) is 6.54 Å². The third-order valence-corrected chi connectivity index (χ3v) is 2.26. The Morgan fingerprint density at radius 2 is 2.33 bits per heavy atom. The Hall–Kier alpha value is -1.38. The molecule has 0 saturated carbocycles. The lowest BCUT2D eigenvalue weighted by Crippen LogP contribution is -2.07. The second-order valence-corrected chi connectivity index (χ2v) is 3.44. The molecule has 1 rings (SSSR count). The van der Waals surface area contributed by atoms with Gasteiger partial charge in [-0.15, -0.1) is 0 Å². The maximum Gasteiger partial charge on any atom is 0.203 e. The summed E-state index contributed by atoms with van der Waals surface area (Å²) in [5.74, 6) is 0.0467. The molecule has 3 nitrogen and oxygen atoms in total. The van der Waals surface area contributed by atoms with Gasteiger partial charge in [0.2, 0.25) is 5.78 Å². The first-order chi connectivity index (χ1) is 7.29. The number of unbranched alkanes of at least 4 members (excludes halogenated alkanes) is 2. The Morgan fingerprint density at radius 1 is 1.53 bits per heavy atom. The van der Waals surface area contributed by atoms with Gasteiger partial charge in [0.25, 0.3) is 0 Å². The van der Waals surface area contributed by atoms with Gasteiger partial charge in [-0.2, -0.15) is 5.10 Å². The largest absolute Gasteiger partial charge is 0.288 e. The van der Waals surface area contributed by atoms with Crippen LogP contribution in [0.2, 0.25) is 0 Å². The summed E-state index contributed by atoms with van der Waals surface area (Å²) in [5, 5.41) is 4.06. The SMILES string of the molecule is CCCC/C=C/C(=O)c1ccnn1CC. The first-order valence-corrected chi connectivity index (χ1v) is 5.52. The Bertz CT molecular complexity index is 339. The molecule has 1 aromatic rings. The maximum atomic E-state index is 11.7. The van der Waals surface area contributed by atoms with Gasteiger partial charge in [-0.1, -0.05) is 25.8 Å². The quantitative estimate of drug-likeness (QED) is 0.407. The van der Waals surface area contributed by atoms with E-state index in [1.54, 1.807) is 23.0 Å². The van der Waals surface area contributed by atoms with E-state index in [2.05, 4.69) is 12.0 Å². The Morgan fingerprint density at radius 3 is 3.00 bits per heavy atom. The monoisotopic (exact) mass is 206 g/mol. The lowest BCUT2D eigenvalue weighted by molar-refractivity contribution is 0.103. The zero-order chi connectivity index (χ0) is 11.1. The minimum absolute atomic E-state index is 0.0467. The molecular formula is C12H18N2O. The maximum absolute atomic E-state index is 11.7. The molecule has 0 aliphatic carbocycles. The van der Waals surface area contributed by atoms with E-state index in [0.717, 1.165) is 25.8 Å². The molecule has 15 heavy (non-hydrogen) atoms. The van der Waals surface area contributed by atoms with Gasteiger partial charge in [-0.05, 0) is 25.5 Å². The molecule has 0 fully saturated rings. The first kappa shape index (κ1) is 11.7. The summed E-state index contributed by atoms with van der Waals surface area (Å²) in [6, 6.07) is 1.76. The fraction of sp³-hybridized carbons (Fsp3) is 0.500. The van der Waals surface area contributed by atoms with E-state index >= 15 is 0 Å². The van der Waals surface area contributed by atoms with Gasteiger partial charge in [-0.25, -0.2) is 0 Å². The molecule has 0 saturated heterocycles. The van der Waals surface area contributed by atoms with Crippen LogP contribution >= 0.6 is 0 Å². The molecule has 0 N–H and O–H groups in total. The van der Waals surface area contributed by atoms with Crippen LogP contribution in [0.25, 0.3) is 0 Å². The molecule has 1 heterocycles. The number of carbonyl (C=O) groups excluding carboxylic acids is 1. The lowest BCUT2D eigenvalue weighted by Gasteiger charge is -1.99. The van der Waals surface area contributed by atoms with Crippen molar-refractivity contribution in [1.29, 1.82) is 0 Å². The molecule has 0 bridgehead atoms. The van der Waals surface area contributed by atoms with Crippen molar-refractivity contribution in [3.8, 4) is 0 Å². The third kappa shape index (κ3) is 3.35. The molecule has 0 aliphatic rings. The van der Waals surface area contributed by atoms with E-state index in [1.165, 1.54) is 0 Å². The van der Waals surface area contributed by atoms with Gasteiger partial charge >= 0.3 is 0 Å². The number of hydrogen-bond donors (Lipinski definition) is 0. The molecule has 0 unspecified atom stereocenters. The van der Waals surface area contributed by atoms with Gasteiger partial charge in [0, 0.05) is 12.7 Å². The average molecular weight is 206 g/mol. The van der Waals surface area contributed by atoms with Crippen LogP contribution in [0.1, 0.15) is 43.6 Å².